The Labute approximate surface area is 140 Å². The molecule has 2 nitrogen and oxygen atoms in total. The van der Waals surface area contributed by atoms with Crippen LogP contribution in [0, 0.1) is 16.7 Å². The maximum absolute atomic E-state index is 10.8. The van der Waals surface area contributed by atoms with Crippen molar-refractivity contribution in [3.05, 3.63) is 42.5 Å². The summed E-state index contributed by atoms with van der Waals surface area (Å²) in [7, 11) is 0. The van der Waals surface area contributed by atoms with Gasteiger partial charge in [-0.2, -0.15) is 0 Å². The molecule has 0 radical (unpaired) electrons. The number of hydrogen-bond acceptors (Lipinski definition) is 2. The van der Waals surface area contributed by atoms with Gasteiger partial charge < -0.3 is 9.84 Å². The number of benzene rings is 2. The Morgan fingerprint density at radius 3 is 2.13 bits per heavy atom. The first-order chi connectivity index (χ1) is 10.6. The van der Waals surface area contributed by atoms with E-state index in [0.29, 0.717) is 5.92 Å². The second-order valence-corrected chi connectivity index (χ2v) is 8.38. The van der Waals surface area contributed by atoms with Gasteiger partial charge in [0.1, 0.15) is 5.75 Å². The fraction of sp³-hybridized carbons (Fsp3) is 0.524. The topological polar surface area (TPSA) is 29.5 Å². The summed E-state index contributed by atoms with van der Waals surface area (Å²) in [6.45, 7) is 13.0. The number of ether oxygens (including phenoxy) is 1. The van der Waals surface area contributed by atoms with Gasteiger partial charge in [-0.25, -0.2) is 0 Å². The lowest BCUT2D eigenvalue weighted by Crippen LogP contribution is -2.43. The van der Waals surface area contributed by atoms with Crippen molar-refractivity contribution in [2.75, 3.05) is 0 Å². The Kier molecular flexibility index (Phi) is 5.05. The van der Waals surface area contributed by atoms with Crippen molar-refractivity contribution in [3.8, 4) is 5.75 Å². The molecule has 0 spiro atoms. The second kappa shape index (κ2) is 6.52. The third kappa shape index (κ3) is 4.26. The molecule has 0 aliphatic heterocycles. The first-order valence-electron chi connectivity index (χ1n) is 8.45. The Hall–Kier alpha value is -1.54. The van der Waals surface area contributed by atoms with Gasteiger partial charge in [-0.15, -0.1) is 0 Å². The van der Waals surface area contributed by atoms with Crippen LogP contribution in [0.1, 0.15) is 48.0 Å². The molecular weight excluding hydrogens is 284 g/mol. The molecule has 2 unspecified atom stereocenters. The molecule has 2 heteroatoms. The first kappa shape index (κ1) is 17.8. The molecule has 126 valence electrons. The highest BCUT2D eigenvalue weighted by Gasteiger charge is 2.41. The summed E-state index contributed by atoms with van der Waals surface area (Å²) in [5.74, 6) is 1.04. The Balaban J connectivity index is 2.24. The summed E-state index contributed by atoms with van der Waals surface area (Å²) in [5, 5.41) is 13.1. The number of fused-ring (bicyclic) bond motifs is 1. The van der Waals surface area contributed by atoms with Gasteiger partial charge in [0.05, 0.1) is 0 Å². The smallest absolute Gasteiger partial charge is 0.203 e. The van der Waals surface area contributed by atoms with Crippen LogP contribution in [0.3, 0.4) is 0 Å². The van der Waals surface area contributed by atoms with Crippen LogP contribution in [-0.2, 0) is 0 Å². The van der Waals surface area contributed by atoms with Crippen molar-refractivity contribution in [2.24, 2.45) is 16.7 Å². The van der Waals surface area contributed by atoms with Crippen molar-refractivity contribution >= 4 is 10.8 Å². The van der Waals surface area contributed by atoms with Crippen LogP contribution < -0.4 is 4.74 Å². The van der Waals surface area contributed by atoms with Gasteiger partial charge in [0.25, 0.3) is 0 Å². The third-order valence-electron chi connectivity index (χ3n) is 4.76. The van der Waals surface area contributed by atoms with Gasteiger partial charge in [0.15, 0.2) is 0 Å². The highest BCUT2D eigenvalue weighted by molar-refractivity contribution is 5.83. The lowest BCUT2D eigenvalue weighted by Gasteiger charge is -2.42. The molecule has 0 bridgehead atoms. The normalized spacial score (nSPS) is 16.3. The fourth-order valence-corrected chi connectivity index (χ4v) is 3.22. The van der Waals surface area contributed by atoms with E-state index >= 15 is 0 Å². The Morgan fingerprint density at radius 2 is 1.57 bits per heavy atom. The van der Waals surface area contributed by atoms with E-state index in [9.17, 15) is 5.11 Å². The molecule has 0 aliphatic carbocycles. The van der Waals surface area contributed by atoms with Crippen LogP contribution in [-0.4, -0.2) is 11.4 Å². The van der Waals surface area contributed by atoms with Gasteiger partial charge in [0, 0.05) is 5.41 Å². The molecule has 0 saturated carbocycles. The lowest BCUT2D eigenvalue weighted by molar-refractivity contribution is -0.141. The maximum Gasteiger partial charge on any atom is 0.203 e. The minimum Gasteiger partial charge on any atom is -0.465 e. The number of aliphatic hydroxyl groups is 1. The van der Waals surface area contributed by atoms with Crippen molar-refractivity contribution in [1.82, 2.24) is 0 Å². The van der Waals surface area contributed by atoms with Gasteiger partial charge in [0.2, 0.25) is 6.29 Å². The molecule has 2 atom stereocenters. The van der Waals surface area contributed by atoms with Crippen molar-refractivity contribution in [1.29, 1.82) is 0 Å². The highest BCUT2D eigenvalue weighted by Crippen LogP contribution is 2.42. The van der Waals surface area contributed by atoms with Crippen LogP contribution in [0.25, 0.3) is 10.8 Å². The predicted molar refractivity (Wildman–Crippen MR) is 97.6 cm³/mol. The van der Waals surface area contributed by atoms with E-state index in [2.05, 4.69) is 53.7 Å². The van der Waals surface area contributed by atoms with Crippen LogP contribution in [0.15, 0.2) is 42.5 Å². The van der Waals surface area contributed by atoms with Crippen LogP contribution in [0.4, 0.5) is 0 Å². The maximum atomic E-state index is 10.8. The van der Waals surface area contributed by atoms with Crippen molar-refractivity contribution < 1.29 is 9.84 Å². The molecule has 0 saturated heterocycles. The zero-order chi connectivity index (χ0) is 17.3. The summed E-state index contributed by atoms with van der Waals surface area (Å²) < 4.78 is 5.95. The third-order valence-corrected chi connectivity index (χ3v) is 4.76. The van der Waals surface area contributed by atoms with Crippen molar-refractivity contribution in [2.45, 2.75) is 54.3 Å². The van der Waals surface area contributed by atoms with E-state index in [1.165, 1.54) is 5.39 Å². The van der Waals surface area contributed by atoms with E-state index in [0.717, 1.165) is 17.6 Å². The largest absolute Gasteiger partial charge is 0.465 e. The number of hydrogen-bond donors (Lipinski definition) is 1. The molecule has 0 heterocycles. The standard InChI is InChI=1S/C21H30O2/c1-15(2)21(6,14-20(3,4)5)19(22)23-18-12-11-16-9-7-8-10-17(16)13-18/h7-13,15,19,22H,14H2,1-6H3. The zero-order valence-electron chi connectivity index (χ0n) is 15.3. The molecule has 2 aromatic carbocycles. The van der Waals surface area contributed by atoms with Gasteiger partial charge in [-0.1, -0.05) is 71.9 Å². The highest BCUT2D eigenvalue weighted by atomic mass is 16.6. The molecule has 2 rings (SSSR count). The molecule has 0 aliphatic rings. The number of rotatable bonds is 5. The minimum absolute atomic E-state index is 0.132. The zero-order valence-corrected chi connectivity index (χ0v) is 15.3. The first-order valence-corrected chi connectivity index (χ1v) is 8.45. The molecule has 0 fully saturated rings. The fourth-order valence-electron chi connectivity index (χ4n) is 3.22. The SMILES string of the molecule is CC(C)C(C)(CC(C)(C)C)C(O)Oc1ccc2ccccc2c1. The average Bonchev–Trinajstić information content (AvgIpc) is 2.45. The van der Waals surface area contributed by atoms with E-state index in [4.69, 9.17) is 4.74 Å². The summed E-state index contributed by atoms with van der Waals surface area (Å²) >= 11 is 0. The summed E-state index contributed by atoms with van der Waals surface area (Å²) in [4.78, 5) is 0. The van der Waals surface area contributed by atoms with E-state index in [1.807, 2.05) is 30.3 Å². The van der Waals surface area contributed by atoms with E-state index in [-0.39, 0.29) is 10.8 Å². The van der Waals surface area contributed by atoms with Crippen LogP contribution >= 0.6 is 0 Å². The molecule has 2 aromatic rings. The van der Waals surface area contributed by atoms with Gasteiger partial charge in [-0.3, -0.25) is 0 Å². The van der Waals surface area contributed by atoms with Gasteiger partial charge in [-0.05, 0) is 40.7 Å². The van der Waals surface area contributed by atoms with E-state index in [1.54, 1.807) is 0 Å². The molecular formula is C21H30O2. The molecule has 1 N–H and O–H groups in total. The molecule has 0 aromatic heterocycles. The van der Waals surface area contributed by atoms with Crippen LogP contribution in [0.5, 0.6) is 5.75 Å². The van der Waals surface area contributed by atoms with Crippen molar-refractivity contribution in [3.63, 3.8) is 0 Å². The van der Waals surface area contributed by atoms with Crippen LogP contribution in [0.2, 0.25) is 0 Å². The Bertz CT molecular complexity index is 654. The average molecular weight is 314 g/mol. The predicted octanol–water partition coefficient (Wildman–Crippen LogP) is 5.64. The molecule has 0 amide bonds. The monoisotopic (exact) mass is 314 g/mol. The molecule has 23 heavy (non-hydrogen) atoms. The summed E-state index contributed by atoms with van der Waals surface area (Å²) in [6, 6.07) is 14.1. The summed E-state index contributed by atoms with van der Waals surface area (Å²) in [5.41, 5.74) is -0.170. The lowest BCUT2D eigenvalue weighted by atomic mass is 9.68. The quantitative estimate of drug-likeness (QED) is 0.724. The second-order valence-electron chi connectivity index (χ2n) is 8.38. The Morgan fingerprint density at radius 1 is 0.957 bits per heavy atom. The summed E-state index contributed by atoms with van der Waals surface area (Å²) in [6.07, 6.45) is 0.0646. The number of aliphatic hydroxyl groups excluding tert-OH is 1. The van der Waals surface area contributed by atoms with Gasteiger partial charge >= 0.3 is 0 Å². The van der Waals surface area contributed by atoms with E-state index < -0.39 is 6.29 Å². The minimum atomic E-state index is -0.831.